The van der Waals surface area contributed by atoms with Crippen molar-refractivity contribution in [3.05, 3.63) is 48.6 Å². The monoisotopic (exact) mass is 456 g/mol. The minimum absolute atomic E-state index is 0. The van der Waals surface area contributed by atoms with Crippen LogP contribution in [0.5, 0.6) is 0 Å². The van der Waals surface area contributed by atoms with Gasteiger partial charge >= 0.3 is 34.9 Å². The van der Waals surface area contributed by atoms with E-state index in [1.807, 2.05) is 50.9 Å². The molecule has 0 aromatic carbocycles. The maximum atomic E-state index is 8.66. The first-order valence-electron chi connectivity index (χ1n) is 7.05. The molecular formula is C17H32Cl2O2SiZr. The number of hydrogen-bond donors (Lipinski definition) is 2. The summed E-state index contributed by atoms with van der Waals surface area (Å²) in [6.45, 7) is 9.62. The van der Waals surface area contributed by atoms with Gasteiger partial charge in [-0.3, -0.25) is 12.2 Å². The summed E-state index contributed by atoms with van der Waals surface area (Å²) in [6.07, 6.45) is 20.0. The van der Waals surface area contributed by atoms with Crippen LogP contribution in [0.15, 0.2) is 36.5 Å². The van der Waals surface area contributed by atoms with Crippen LogP contribution >= 0.6 is 24.8 Å². The van der Waals surface area contributed by atoms with E-state index in [9.17, 15) is 0 Å². The van der Waals surface area contributed by atoms with Crippen molar-refractivity contribution in [2.75, 3.05) is 6.61 Å². The number of hydrogen-bond acceptors (Lipinski definition) is 2. The first-order chi connectivity index (χ1) is 9.83. The molecule has 2 rings (SSSR count). The summed E-state index contributed by atoms with van der Waals surface area (Å²) in [5, 5.41) is 7.57. The number of aliphatic hydroxyl groups excluding tert-OH is 1. The SMILES string of the molecule is CCO.C[CH]=[Zr+2].C[Si](C)(C)O.Cl.Cl.[C-]1=CC=CC1.[C-]1=CC=CC1. The third-order valence-corrected chi connectivity index (χ3v) is 1.17. The first kappa shape index (κ1) is 34.7. The number of aliphatic hydroxyl groups is 1. The van der Waals surface area contributed by atoms with Crippen LogP contribution in [0.25, 0.3) is 0 Å². The summed E-state index contributed by atoms with van der Waals surface area (Å²) in [5.74, 6) is 0. The molecule has 2 N–H and O–H groups in total. The predicted octanol–water partition coefficient (Wildman–Crippen LogP) is 4.62. The summed E-state index contributed by atoms with van der Waals surface area (Å²) in [5.41, 5.74) is 0. The van der Waals surface area contributed by atoms with E-state index >= 15 is 0 Å². The standard InChI is InChI=1S/2C5H5.C3H10OSi.C2H6O.C2H4.2ClH.Zr/c2*1-2-4-5-3-1;1-5(2,3)4;1-2-3;1-2;;;/h2*1-3H,4H2;4H,1-3H3;3H,2H2,1H3;1H,2H3;2*1H;/q2*-1;;;;;;+2. The van der Waals surface area contributed by atoms with E-state index in [0.29, 0.717) is 0 Å². The molecule has 0 aliphatic heterocycles. The minimum atomic E-state index is -1.61. The zero-order valence-corrected chi connectivity index (χ0v) is 20.0. The van der Waals surface area contributed by atoms with E-state index in [-0.39, 0.29) is 31.4 Å². The molecule has 0 heterocycles. The molecule has 0 fully saturated rings. The molecular weight excluding hydrogens is 426 g/mol. The Hall–Kier alpha value is 0.430. The Balaban J connectivity index is -0.0000000587. The summed E-state index contributed by atoms with van der Waals surface area (Å²) in [7, 11) is -1.61. The van der Waals surface area contributed by atoms with Gasteiger partial charge in [0.1, 0.15) is 0 Å². The van der Waals surface area contributed by atoms with E-state index < -0.39 is 8.32 Å². The van der Waals surface area contributed by atoms with Crippen molar-refractivity contribution in [3.8, 4) is 0 Å². The van der Waals surface area contributed by atoms with Crippen LogP contribution < -0.4 is 0 Å². The van der Waals surface area contributed by atoms with Crippen molar-refractivity contribution in [3.63, 3.8) is 0 Å². The maximum absolute atomic E-state index is 8.66. The minimum Gasteiger partial charge on any atom is -0.433 e. The first-order valence-corrected chi connectivity index (χ1v) is 11.9. The summed E-state index contributed by atoms with van der Waals surface area (Å²) < 4.78 is 2.09. The molecule has 0 aromatic heterocycles. The van der Waals surface area contributed by atoms with Crippen LogP contribution in [0.4, 0.5) is 0 Å². The van der Waals surface area contributed by atoms with Crippen molar-refractivity contribution in [2.45, 2.75) is 46.3 Å². The van der Waals surface area contributed by atoms with Crippen molar-refractivity contribution in [1.82, 2.24) is 0 Å². The quantitative estimate of drug-likeness (QED) is 0.411. The molecule has 23 heavy (non-hydrogen) atoms. The fourth-order valence-corrected chi connectivity index (χ4v) is 0.680. The number of halogens is 2. The second kappa shape index (κ2) is 30.3. The van der Waals surface area contributed by atoms with E-state index in [1.54, 1.807) is 6.92 Å². The van der Waals surface area contributed by atoms with Gasteiger partial charge in [-0.2, -0.15) is 12.2 Å². The largest absolute Gasteiger partial charge is 0.433 e. The Morgan fingerprint density at radius 1 is 1.04 bits per heavy atom. The fourth-order valence-electron chi connectivity index (χ4n) is 0.680. The molecule has 2 nitrogen and oxygen atoms in total. The fraction of sp³-hybridized carbons (Fsp3) is 0.471. The predicted molar refractivity (Wildman–Crippen MR) is 108 cm³/mol. The zero-order chi connectivity index (χ0) is 17.0. The van der Waals surface area contributed by atoms with Gasteiger partial charge in [0.05, 0.1) is 0 Å². The Kier molecular flexibility index (Phi) is 45.8. The molecule has 0 atom stereocenters. The number of allylic oxidation sites excluding steroid dienone is 8. The molecule has 2 aliphatic carbocycles. The molecule has 0 unspecified atom stereocenters. The van der Waals surface area contributed by atoms with E-state index in [0.717, 1.165) is 12.8 Å². The van der Waals surface area contributed by atoms with Crippen LogP contribution in [0.2, 0.25) is 19.6 Å². The van der Waals surface area contributed by atoms with Crippen LogP contribution in [0, 0.1) is 12.2 Å². The molecule has 0 spiro atoms. The molecule has 0 bridgehead atoms. The van der Waals surface area contributed by atoms with Crippen LogP contribution in [-0.2, 0) is 24.2 Å². The summed E-state index contributed by atoms with van der Waals surface area (Å²) in [6, 6.07) is 0. The molecule has 0 amide bonds. The molecule has 0 saturated carbocycles. The Bertz CT molecular complexity index is 275. The van der Waals surface area contributed by atoms with E-state index in [2.05, 4.69) is 28.0 Å². The third-order valence-electron chi connectivity index (χ3n) is 1.17. The van der Waals surface area contributed by atoms with Gasteiger partial charge in [0.15, 0.2) is 8.32 Å². The average Bonchev–Trinajstić information content (AvgIpc) is 3.08. The second-order valence-corrected chi connectivity index (χ2v) is 10.5. The zero-order valence-electron chi connectivity index (χ0n) is 14.9. The molecule has 0 radical (unpaired) electrons. The van der Waals surface area contributed by atoms with Crippen molar-refractivity contribution in [1.29, 1.82) is 0 Å². The van der Waals surface area contributed by atoms with Gasteiger partial charge in [-0.15, -0.1) is 37.7 Å². The van der Waals surface area contributed by atoms with Gasteiger partial charge < -0.3 is 9.90 Å². The van der Waals surface area contributed by atoms with Gasteiger partial charge in [-0.25, -0.2) is 24.3 Å². The normalized spacial score (nSPS) is 11.7. The van der Waals surface area contributed by atoms with Gasteiger partial charge in [0.25, 0.3) is 0 Å². The summed E-state index contributed by atoms with van der Waals surface area (Å²) in [4.78, 5) is 8.66. The van der Waals surface area contributed by atoms with Crippen molar-refractivity contribution in [2.24, 2.45) is 0 Å². The Morgan fingerprint density at radius 2 is 1.26 bits per heavy atom. The van der Waals surface area contributed by atoms with Gasteiger partial charge in [0.2, 0.25) is 0 Å². The number of rotatable bonds is 0. The average molecular weight is 459 g/mol. The molecule has 134 valence electrons. The molecule has 6 heteroatoms. The third kappa shape index (κ3) is 86.1. The molecule has 0 aromatic rings. The van der Waals surface area contributed by atoms with Crippen LogP contribution in [0.3, 0.4) is 0 Å². The van der Waals surface area contributed by atoms with Gasteiger partial charge in [-0.1, -0.05) is 0 Å². The second-order valence-electron chi connectivity index (χ2n) is 4.78. The molecule has 0 saturated heterocycles. The maximum Gasteiger partial charge on any atom is 0.179 e. The van der Waals surface area contributed by atoms with Crippen molar-refractivity contribution >= 4 is 36.8 Å². The van der Waals surface area contributed by atoms with Crippen molar-refractivity contribution < 1.29 is 34.1 Å². The van der Waals surface area contributed by atoms with Gasteiger partial charge in [0, 0.05) is 6.61 Å². The summed E-state index contributed by atoms with van der Waals surface area (Å²) >= 11 is 1.51. The smallest absolute Gasteiger partial charge is 0.179 e. The Labute approximate surface area is 171 Å². The Morgan fingerprint density at radius 3 is 1.30 bits per heavy atom. The van der Waals surface area contributed by atoms with Crippen LogP contribution in [-0.4, -0.2) is 28.5 Å². The van der Waals surface area contributed by atoms with E-state index in [4.69, 9.17) is 9.90 Å². The van der Waals surface area contributed by atoms with E-state index in [1.165, 1.54) is 24.2 Å². The topological polar surface area (TPSA) is 40.5 Å². The van der Waals surface area contributed by atoms with Crippen LogP contribution in [0.1, 0.15) is 26.7 Å². The molecule has 2 aliphatic rings. The van der Waals surface area contributed by atoms with Gasteiger partial charge in [-0.05, 0) is 26.6 Å².